The van der Waals surface area contributed by atoms with E-state index in [9.17, 15) is 14.4 Å². The summed E-state index contributed by atoms with van der Waals surface area (Å²) >= 11 is 0. The van der Waals surface area contributed by atoms with Gasteiger partial charge in [-0.2, -0.15) is 0 Å². The minimum Gasteiger partial charge on any atom is -0.468 e. The fourth-order valence-corrected chi connectivity index (χ4v) is 3.56. The van der Waals surface area contributed by atoms with Crippen molar-refractivity contribution < 1.29 is 14.3 Å². The predicted molar refractivity (Wildman–Crippen MR) is 110 cm³/mol. The summed E-state index contributed by atoms with van der Waals surface area (Å²) in [5, 5.41) is 0. The number of amides is 1. The van der Waals surface area contributed by atoms with Crippen LogP contribution in [0.15, 0.2) is 29.5 Å². The molecule has 0 aliphatic carbocycles. The van der Waals surface area contributed by atoms with Crippen molar-refractivity contribution in [2.75, 3.05) is 33.8 Å². The third-order valence-corrected chi connectivity index (χ3v) is 5.38. The van der Waals surface area contributed by atoms with Crippen LogP contribution in [0.1, 0.15) is 33.7 Å². The summed E-state index contributed by atoms with van der Waals surface area (Å²) in [6.45, 7) is 5.11. The quantitative estimate of drug-likeness (QED) is 0.678. The molecule has 0 spiro atoms. The SMILES string of the molecule is COC(=O)C1CN(C(=O)c2c(C)ccn(Cc3cnc(C)cn3)c2=O)CCCN1C. The van der Waals surface area contributed by atoms with Gasteiger partial charge in [-0.15, -0.1) is 0 Å². The van der Waals surface area contributed by atoms with Crippen molar-refractivity contribution in [1.29, 1.82) is 0 Å². The molecule has 0 bridgehead atoms. The van der Waals surface area contributed by atoms with E-state index in [-0.39, 0.29) is 30.1 Å². The molecule has 2 aromatic heterocycles. The van der Waals surface area contributed by atoms with E-state index < -0.39 is 12.0 Å². The van der Waals surface area contributed by atoms with Crippen LogP contribution in [0, 0.1) is 13.8 Å². The molecule has 1 aliphatic rings. The van der Waals surface area contributed by atoms with Gasteiger partial charge in [-0.3, -0.25) is 29.3 Å². The lowest BCUT2D eigenvalue weighted by atomic mass is 10.1. The molecule has 9 heteroatoms. The third kappa shape index (κ3) is 4.56. The largest absolute Gasteiger partial charge is 0.468 e. The number of nitrogens with zero attached hydrogens (tertiary/aromatic N) is 5. The van der Waals surface area contributed by atoms with E-state index in [1.165, 1.54) is 11.7 Å². The molecular weight excluding hydrogens is 386 g/mol. The third-order valence-electron chi connectivity index (χ3n) is 5.38. The van der Waals surface area contributed by atoms with E-state index >= 15 is 0 Å². The molecule has 30 heavy (non-hydrogen) atoms. The number of methoxy groups -OCH3 is 1. The Morgan fingerprint density at radius 1 is 1.20 bits per heavy atom. The molecule has 1 atom stereocenters. The first-order chi connectivity index (χ1) is 14.3. The van der Waals surface area contributed by atoms with Gasteiger partial charge in [0.05, 0.1) is 31.2 Å². The van der Waals surface area contributed by atoms with Crippen LogP contribution >= 0.6 is 0 Å². The fraction of sp³-hybridized carbons (Fsp3) is 0.476. The zero-order valence-corrected chi connectivity index (χ0v) is 17.8. The first-order valence-electron chi connectivity index (χ1n) is 9.86. The number of ether oxygens (including phenoxy) is 1. The first kappa shape index (κ1) is 21.6. The highest BCUT2D eigenvalue weighted by Crippen LogP contribution is 2.14. The second kappa shape index (κ2) is 9.17. The Kier molecular flexibility index (Phi) is 6.61. The second-order valence-electron chi connectivity index (χ2n) is 7.58. The van der Waals surface area contributed by atoms with E-state index in [0.717, 1.165) is 5.69 Å². The van der Waals surface area contributed by atoms with Crippen LogP contribution in [0.2, 0.25) is 0 Å². The van der Waals surface area contributed by atoms with E-state index in [1.807, 2.05) is 18.9 Å². The highest BCUT2D eigenvalue weighted by molar-refractivity contribution is 5.95. The molecular formula is C21H27N5O4. The normalized spacial score (nSPS) is 17.5. The first-order valence-corrected chi connectivity index (χ1v) is 9.86. The number of carbonyl (C=O) groups excluding carboxylic acids is 2. The standard InChI is InChI=1S/C21H27N5O4/c1-14-6-9-26(12-16-11-22-15(2)10-23-16)20(28)18(14)19(27)25-8-5-7-24(3)17(13-25)21(29)30-4/h6,9-11,17H,5,7-8,12-13H2,1-4H3. The van der Waals surface area contributed by atoms with Gasteiger partial charge in [0.1, 0.15) is 11.6 Å². The molecule has 0 N–H and O–H groups in total. The number of pyridine rings is 1. The van der Waals surface area contributed by atoms with Gasteiger partial charge in [0.25, 0.3) is 11.5 Å². The van der Waals surface area contributed by atoms with Crippen molar-refractivity contribution in [3.63, 3.8) is 0 Å². The maximum absolute atomic E-state index is 13.3. The maximum Gasteiger partial charge on any atom is 0.324 e. The van der Waals surface area contributed by atoms with Crippen molar-refractivity contribution in [2.45, 2.75) is 32.9 Å². The molecule has 0 saturated carbocycles. The summed E-state index contributed by atoms with van der Waals surface area (Å²) in [6, 6.07) is 1.19. The van der Waals surface area contributed by atoms with Crippen molar-refractivity contribution in [1.82, 2.24) is 24.3 Å². The van der Waals surface area contributed by atoms with Crippen LogP contribution in [0.5, 0.6) is 0 Å². The zero-order valence-electron chi connectivity index (χ0n) is 17.8. The highest BCUT2D eigenvalue weighted by Gasteiger charge is 2.32. The molecule has 1 aliphatic heterocycles. The van der Waals surface area contributed by atoms with Gasteiger partial charge in [0.15, 0.2) is 0 Å². The van der Waals surface area contributed by atoms with Gasteiger partial charge in [0.2, 0.25) is 0 Å². The number of hydrogen-bond acceptors (Lipinski definition) is 7. The van der Waals surface area contributed by atoms with Crippen LogP contribution in [-0.4, -0.2) is 76.0 Å². The average molecular weight is 413 g/mol. The van der Waals surface area contributed by atoms with Crippen LogP contribution < -0.4 is 5.56 Å². The van der Waals surface area contributed by atoms with Crippen LogP contribution in [0.4, 0.5) is 0 Å². The van der Waals surface area contributed by atoms with Gasteiger partial charge in [-0.1, -0.05) is 0 Å². The summed E-state index contributed by atoms with van der Waals surface area (Å²) in [6.07, 6.45) is 5.62. The summed E-state index contributed by atoms with van der Waals surface area (Å²) < 4.78 is 6.35. The Balaban J connectivity index is 1.90. The molecule has 160 valence electrons. The molecule has 2 aromatic rings. The van der Waals surface area contributed by atoms with Crippen LogP contribution in [0.25, 0.3) is 0 Å². The molecule has 9 nitrogen and oxygen atoms in total. The lowest BCUT2D eigenvalue weighted by Gasteiger charge is -2.27. The van der Waals surface area contributed by atoms with Gasteiger partial charge in [0, 0.05) is 32.0 Å². The Labute approximate surface area is 175 Å². The Hall–Kier alpha value is -3.07. The maximum atomic E-state index is 13.3. The minimum atomic E-state index is -0.560. The predicted octanol–water partition coefficient (Wildman–Crippen LogP) is 0.623. The molecule has 1 saturated heterocycles. The minimum absolute atomic E-state index is 0.116. The average Bonchev–Trinajstić information content (AvgIpc) is 2.92. The summed E-state index contributed by atoms with van der Waals surface area (Å²) in [5.41, 5.74) is 1.76. The number of esters is 1. The number of hydrogen-bond donors (Lipinski definition) is 0. The molecule has 1 amide bonds. The molecule has 3 heterocycles. The number of carbonyl (C=O) groups is 2. The molecule has 0 aromatic carbocycles. The van der Waals surface area contributed by atoms with Crippen LogP contribution in [0.3, 0.4) is 0 Å². The van der Waals surface area contributed by atoms with E-state index in [4.69, 9.17) is 4.74 Å². The van der Waals surface area contributed by atoms with E-state index in [1.54, 1.807) is 36.5 Å². The number of aryl methyl sites for hydroxylation is 2. The van der Waals surface area contributed by atoms with Gasteiger partial charge >= 0.3 is 5.97 Å². The van der Waals surface area contributed by atoms with Gasteiger partial charge in [-0.05, 0) is 38.9 Å². The van der Waals surface area contributed by atoms with E-state index in [0.29, 0.717) is 30.8 Å². The second-order valence-corrected chi connectivity index (χ2v) is 7.58. The summed E-state index contributed by atoms with van der Waals surface area (Å²) in [7, 11) is 3.17. The van der Waals surface area contributed by atoms with E-state index in [2.05, 4.69) is 9.97 Å². The van der Waals surface area contributed by atoms with Crippen molar-refractivity contribution >= 4 is 11.9 Å². The molecule has 3 rings (SSSR count). The Morgan fingerprint density at radius 3 is 2.63 bits per heavy atom. The summed E-state index contributed by atoms with van der Waals surface area (Å²) in [5.74, 6) is -0.761. The number of likely N-dealkylation sites (N-methyl/N-ethyl adjacent to an activating group) is 1. The monoisotopic (exact) mass is 413 g/mol. The lowest BCUT2D eigenvalue weighted by Crippen LogP contribution is -2.47. The van der Waals surface area contributed by atoms with Crippen LogP contribution in [-0.2, 0) is 16.1 Å². The smallest absolute Gasteiger partial charge is 0.324 e. The molecule has 1 fully saturated rings. The molecule has 0 radical (unpaired) electrons. The zero-order chi connectivity index (χ0) is 21.8. The number of rotatable bonds is 4. The topological polar surface area (TPSA) is 97.6 Å². The highest BCUT2D eigenvalue weighted by atomic mass is 16.5. The fourth-order valence-electron chi connectivity index (χ4n) is 3.56. The summed E-state index contributed by atoms with van der Waals surface area (Å²) in [4.78, 5) is 50.6. The number of aromatic nitrogens is 3. The van der Waals surface area contributed by atoms with Gasteiger partial charge in [-0.25, -0.2) is 0 Å². The van der Waals surface area contributed by atoms with Crippen molar-refractivity contribution in [2.24, 2.45) is 0 Å². The van der Waals surface area contributed by atoms with Gasteiger partial charge < -0.3 is 14.2 Å². The Morgan fingerprint density at radius 2 is 1.97 bits per heavy atom. The molecule has 1 unspecified atom stereocenters. The lowest BCUT2D eigenvalue weighted by molar-refractivity contribution is -0.146. The Bertz CT molecular complexity index is 986. The van der Waals surface area contributed by atoms with Crippen molar-refractivity contribution in [3.8, 4) is 0 Å². The van der Waals surface area contributed by atoms with Crippen molar-refractivity contribution in [3.05, 3.63) is 57.5 Å².